The van der Waals surface area contributed by atoms with Crippen LogP contribution in [0, 0.1) is 0 Å². The Kier molecular flexibility index (Phi) is 6.51. The highest BCUT2D eigenvalue weighted by Gasteiger charge is 2.31. The molecule has 0 aliphatic carbocycles. The van der Waals surface area contributed by atoms with Gasteiger partial charge >= 0.3 is 6.18 Å². The van der Waals surface area contributed by atoms with Crippen LogP contribution in [0.5, 0.6) is 0 Å². The summed E-state index contributed by atoms with van der Waals surface area (Å²) < 4.78 is 38.6. The highest BCUT2D eigenvalue weighted by atomic mass is 19.4. The van der Waals surface area contributed by atoms with Gasteiger partial charge in [-0.1, -0.05) is 18.2 Å². The first kappa shape index (κ1) is 21.1. The molecule has 2 amide bonds. The normalized spacial score (nSPS) is 11.2. The molecule has 0 saturated carbocycles. The third kappa shape index (κ3) is 5.47. The van der Waals surface area contributed by atoms with E-state index in [1.807, 2.05) is 0 Å². The van der Waals surface area contributed by atoms with Gasteiger partial charge < -0.3 is 15.6 Å². The molecule has 0 aliphatic heterocycles. The van der Waals surface area contributed by atoms with Crippen LogP contribution in [0.4, 0.5) is 18.9 Å². The lowest BCUT2D eigenvalue weighted by molar-refractivity contribution is -0.137. The number of H-pyrrole nitrogens is 1. The number of para-hydroxylation sites is 1. The van der Waals surface area contributed by atoms with Crippen LogP contribution < -0.4 is 10.6 Å². The zero-order chi connectivity index (χ0) is 21.6. The van der Waals surface area contributed by atoms with Crippen LogP contribution in [0.25, 0.3) is 0 Å². The molecule has 30 heavy (non-hydrogen) atoms. The van der Waals surface area contributed by atoms with Crippen molar-refractivity contribution in [1.82, 2.24) is 15.3 Å². The highest BCUT2D eigenvalue weighted by Crippen LogP contribution is 2.29. The van der Waals surface area contributed by atoms with Gasteiger partial charge in [-0.05, 0) is 36.8 Å². The third-order valence-corrected chi connectivity index (χ3v) is 4.30. The first-order chi connectivity index (χ1) is 14.3. The standard InChI is InChI=1S/C21H19F3N4O2/c22-21(23,24)15-6-3-5-14(13-15)19(29)28-17-8-2-1-7-16(17)20(30)27-10-4-9-18-25-11-12-26-18/h1-3,5-8,11-13H,4,9-10H2,(H,25,26)(H,27,30)(H,28,29). The fourth-order valence-corrected chi connectivity index (χ4v) is 2.81. The van der Waals surface area contributed by atoms with E-state index in [-0.39, 0.29) is 16.8 Å². The van der Waals surface area contributed by atoms with Crippen LogP contribution in [-0.2, 0) is 12.6 Å². The number of hydrogen-bond acceptors (Lipinski definition) is 3. The molecule has 156 valence electrons. The smallest absolute Gasteiger partial charge is 0.352 e. The molecule has 0 fully saturated rings. The lowest BCUT2D eigenvalue weighted by Gasteiger charge is -2.12. The Balaban J connectivity index is 1.64. The van der Waals surface area contributed by atoms with Gasteiger partial charge in [-0.2, -0.15) is 13.2 Å². The van der Waals surface area contributed by atoms with E-state index < -0.39 is 23.6 Å². The molecule has 9 heteroatoms. The second-order valence-electron chi connectivity index (χ2n) is 6.47. The summed E-state index contributed by atoms with van der Waals surface area (Å²) in [5.74, 6) is -0.313. The number of carbonyl (C=O) groups excluding carboxylic acids is 2. The zero-order valence-corrected chi connectivity index (χ0v) is 15.8. The van der Waals surface area contributed by atoms with Crippen LogP contribution in [-0.4, -0.2) is 28.3 Å². The second-order valence-corrected chi connectivity index (χ2v) is 6.47. The molecule has 2 aromatic carbocycles. The number of amides is 2. The first-order valence-electron chi connectivity index (χ1n) is 9.18. The molecule has 0 aliphatic rings. The molecular formula is C21H19F3N4O2. The van der Waals surface area contributed by atoms with Crippen LogP contribution in [0.3, 0.4) is 0 Å². The maximum Gasteiger partial charge on any atom is 0.416 e. The van der Waals surface area contributed by atoms with E-state index in [9.17, 15) is 22.8 Å². The summed E-state index contributed by atoms with van der Waals surface area (Å²) in [7, 11) is 0. The van der Waals surface area contributed by atoms with Crippen molar-refractivity contribution in [2.24, 2.45) is 0 Å². The fraction of sp³-hybridized carbons (Fsp3) is 0.190. The number of halogens is 3. The van der Waals surface area contributed by atoms with Gasteiger partial charge in [0.2, 0.25) is 0 Å². The Morgan fingerprint density at radius 3 is 2.57 bits per heavy atom. The average Bonchev–Trinajstić information content (AvgIpc) is 3.24. The second kappa shape index (κ2) is 9.25. The van der Waals surface area contributed by atoms with Gasteiger partial charge in [0.05, 0.1) is 16.8 Å². The van der Waals surface area contributed by atoms with E-state index in [2.05, 4.69) is 20.6 Å². The predicted molar refractivity (Wildman–Crippen MR) is 105 cm³/mol. The Morgan fingerprint density at radius 1 is 1.03 bits per heavy atom. The van der Waals surface area contributed by atoms with E-state index >= 15 is 0 Å². The van der Waals surface area contributed by atoms with E-state index in [1.165, 1.54) is 18.2 Å². The quantitative estimate of drug-likeness (QED) is 0.508. The Morgan fingerprint density at radius 2 is 1.83 bits per heavy atom. The fourth-order valence-electron chi connectivity index (χ4n) is 2.81. The van der Waals surface area contributed by atoms with Crippen molar-refractivity contribution >= 4 is 17.5 Å². The summed E-state index contributed by atoms with van der Waals surface area (Å²) in [5.41, 5.74) is -0.643. The van der Waals surface area contributed by atoms with Gasteiger partial charge in [-0.25, -0.2) is 4.98 Å². The minimum Gasteiger partial charge on any atom is -0.352 e. The SMILES string of the molecule is O=C(Nc1ccccc1C(=O)NCCCc1ncc[nH]1)c1cccc(C(F)(F)F)c1. The van der Waals surface area contributed by atoms with E-state index in [0.29, 0.717) is 19.4 Å². The Hall–Kier alpha value is -3.62. The number of aromatic amines is 1. The molecule has 0 spiro atoms. The third-order valence-electron chi connectivity index (χ3n) is 4.30. The van der Waals surface area contributed by atoms with Crippen molar-refractivity contribution in [2.45, 2.75) is 19.0 Å². The van der Waals surface area contributed by atoms with Crippen molar-refractivity contribution in [3.8, 4) is 0 Å². The van der Waals surface area contributed by atoms with E-state index in [4.69, 9.17) is 0 Å². The molecule has 0 unspecified atom stereocenters. The van der Waals surface area contributed by atoms with Crippen LogP contribution >= 0.6 is 0 Å². The topological polar surface area (TPSA) is 86.9 Å². The summed E-state index contributed by atoms with van der Waals surface area (Å²) >= 11 is 0. The van der Waals surface area contributed by atoms with Crippen molar-refractivity contribution in [1.29, 1.82) is 0 Å². The molecule has 6 nitrogen and oxygen atoms in total. The summed E-state index contributed by atoms with van der Waals surface area (Å²) in [5, 5.41) is 5.28. The van der Waals surface area contributed by atoms with E-state index in [1.54, 1.807) is 24.5 Å². The van der Waals surface area contributed by atoms with Crippen molar-refractivity contribution in [3.63, 3.8) is 0 Å². The largest absolute Gasteiger partial charge is 0.416 e. The number of alkyl halides is 3. The molecule has 0 atom stereocenters. The highest BCUT2D eigenvalue weighted by molar-refractivity contribution is 6.09. The van der Waals surface area contributed by atoms with E-state index in [0.717, 1.165) is 24.0 Å². The molecule has 0 saturated heterocycles. The maximum atomic E-state index is 12.9. The molecular weight excluding hydrogens is 397 g/mol. The number of rotatable bonds is 7. The number of aryl methyl sites for hydroxylation is 1. The predicted octanol–water partition coefficient (Wildman–Crippen LogP) is 4.04. The van der Waals surface area contributed by atoms with Crippen LogP contribution in [0.1, 0.15) is 38.5 Å². The number of anilines is 1. The Labute approximate surface area is 170 Å². The number of hydrogen-bond donors (Lipinski definition) is 3. The molecule has 1 heterocycles. The van der Waals surface area contributed by atoms with Gasteiger partial charge in [0, 0.05) is 30.9 Å². The molecule has 3 aromatic rings. The van der Waals surface area contributed by atoms with Gasteiger partial charge in [0.15, 0.2) is 0 Å². The number of nitrogens with zero attached hydrogens (tertiary/aromatic N) is 1. The molecule has 1 aromatic heterocycles. The van der Waals surface area contributed by atoms with Crippen LogP contribution in [0.15, 0.2) is 60.9 Å². The summed E-state index contributed by atoms with van der Waals surface area (Å²) in [4.78, 5) is 32.0. The lowest BCUT2D eigenvalue weighted by atomic mass is 10.1. The summed E-state index contributed by atoms with van der Waals surface area (Å²) in [6.07, 6.45) is 0.150. The van der Waals surface area contributed by atoms with Crippen molar-refractivity contribution < 1.29 is 22.8 Å². The molecule has 0 bridgehead atoms. The van der Waals surface area contributed by atoms with Gasteiger partial charge in [0.25, 0.3) is 11.8 Å². The average molecular weight is 416 g/mol. The number of imidazole rings is 1. The Bertz CT molecular complexity index is 1020. The van der Waals surface area contributed by atoms with Crippen molar-refractivity contribution in [3.05, 3.63) is 83.4 Å². The minimum atomic E-state index is -4.55. The van der Waals surface area contributed by atoms with Gasteiger partial charge in [-0.3, -0.25) is 9.59 Å². The number of benzene rings is 2. The first-order valence-corrected chi connectivity index (χ1v) is 9.18. The number of carbonyl (C=O) groups is 2. The molecule has 3 rings (SSSR count). The maximum absolute atomic E-state index is 12.9. The molecule has 3 N–H and O–H groups in total. The monoisotopic (exact) mass is 416 g/mol. The summed E-state index contributed by atoms with van der Waals surface area (Å²) in [6, 6.07) is 10.4. The number of nitrogens with one attached hydrogen (secondary N) is 3. The minimum absolute atomic E-state index is 0.154. The zero-order valence-electron chi connectivity index (χ0n) is 15.8. The van der Waals surface area contributed by atoms with Gasteiger partial charge in [-0.15, -0.1) is 0 Å². The molecule has 0 radical (unpaired) electrons. The van der Waals surface area contributed by atoms with Gasteiger partial charge in [0.1, 0.15) is 5.82 Å². The summed E-state index contributed by atoms with van der Waals surface area (Å²) in [6.45, 7) is 0.398. The van der Waals surface area contributed by atoms with Crippen LogP contribution in [0.2, 0.25) is 0 Å². The number of aromatic nitrogens is 2. The lowest BCUT2D eigenvalue weighted by Crippen LogP contribution is -2.26. The van der Waals surface area contributed by atoms with Crippen molar-refractivity contribution in [2.75, 3.05) is 11.9 Å².